The highest BCUT2D eigenvalue weighted by Crippen LogP contribution is 2.41. The van der Waals surface area contributed by atoms with E-state index >= 15 is 0 Å². The maximum absolute atomic E-state index is 12.7. The molecule has 0 aliphatic carbocycles. The number of ketones is 1. The fourth-order valence-corrected chi connectivity index (χ4v) is 3.75. The van der Waals surface area contributed by atoms with E-state index in [9.17, 15) is 9.90 Å². The molecule has 3 rings (SSSR count). The summed E-state index contributed by atoms with van der Waals surface area (Å²) in [7, 11) is 9.18. The topological polar surface area (TPSA) is 105 Å². The van der Waals surface area contributed by atoms with E-state index < -0.39 is 0 Å². The number of nitrogens with one attached hydrogen (secondary N) is 1. The van der Waals surface area contributed by atoms with Gasteiger partial charge in [-0.05, 0) is 48.0 Å². The van der Waals surface area contributed by atoms with E-state index in [0.717, 1.165) is 11.1 Å². The van der Waals surface area contributed by atoms with E-state index in [0.29, 0.717) is 40.0 Å². The Balaban J connectivity index is 1.94. The maximum Gasteiger partial charge on any atom is 0.203 e. The number of methoxy groups -OCH3 is 6. The van der Waals surface area contributed by atoms with Gasteiger partial charge in [0.1, 0.15) is 0 Å². The van der Waals surface area contributed by atoms with E-state index in [-0.39, 0.29) is 17.3 Å². The molecule has 38 heavy (non-hydrogen) atoms. The normalized spacial score (nSPS) is 10.9. The number of phenols is 1. The summed E-state index contributed by atoms with van der Waals surface area (Å²) in [5.41, 5.74) is 2.46. The van der Waals surface area contributed by atoms with Crippen molar-refractivity contribution in [3.05, 3.63) is 71.4 Å². The molecule has 0 radical (unpaired) electrons. The largest absolute Gasteiger partial charge is 0.504 e. The molecule has 0 atom stereocenters. The molecule has 0 spiro atoms. The number of benzene rings is 3. The molecule has 0 bridgehead atoms. The predicted octanol–water partition coefficient (Wildman–Crippen LogP) is 5.42. The highest BCUT2D eigenvalue weighted by atomic mass is 16.5. The lowest BCUT2D eigenvalue weighted by Crippen LogP contribution is -2.01. The molecular weight excluding hydrogens is 490 g/mol. The van der Waals surface area contributed by atoms with Gasteiger partial charge < -0.3 is 38.8 Å². The molecule has 200 valence electrons. The zero-order chi connectivity index (χ0) is 27.7. The number of hydrogen-bond donors (Lipinski definition) is 2. The van der Waals surface area contributed by atoms with Crippen molar-refractivity contribution in [1.82, 2.24) is 0 Å². The third kappa shape index (κ3) is 6.12. The molecule has 9 nitrogen and oxygen atoms in total. The highest BCUT2D eigenvalue weighted by Gasteiger charge is 2.15. The Morgan fingerprint density at radius 2 is 1.32 bits per heavy atom. The monoisotopic (exact) mass is 521 g/mol. The first kappa shape index (κ1) is 27.8. The SMILES string of the molecule is COc1ccc(C(=O)/C=C\Nc2c(/C=C\c3cc(OC)c(OC)c(OC)c3)ccc(OC)c2OC)cc1O. The fourth-order valence-electron chi connectivity index (χ4n) is 3.75. The summed E-state index contributed by atoms with van der Waals surface area (Å²) in [4.78, 5) is 12.7. The average molecular weight is 522 g/mol. The van der Waals surface area contributed by atoms with Crippen LogP contribution in [0.15, 0.2) is 54.7 Å². The molecule has 0 aliphatic heterocycles. The second-order valence-corrected chi connectivity index (χ2v) is 7.79. The van der Waals surface area contributed by atoms with Gasteiger partial charge >= 0.3 is 0 Å². The van der Waals surface area contributed by atoms with Gasteiger partial charge in [0.2, 0.25) is 5.75 Å². The first-order chi connectivity index (χ1) is 18.4. The number of carbonyl (C=O) groups is 1. The van der Waals surface area contributed by atoms with Gasteiger partial charge in [0.15, 0.2) is 40.3 Å². The third-order valence-corrected chi connectivity index (χ3v) is 5.65. The van der Waals surface area contributed by atoms with E-state index in [1.54, 1.807) is 40.6 Å². The summed E-state index contributed by atoms with van der Waals surface area (Å²) < 4.78 is 32.4. The number of carbonyl (C=O) groups excluding carboxylic acids is 1. The predicted molar refractivity (Wildman–Crippen MR) is 146 cm³/mol. The number of rotatable bonds is 12. The minimum atomic E-state index is -0.313. The van der Waals surface area contributed by atoms with Crippen LogP contribution >= 0.6 is 0 Å². The van der Waals surface area contributed by atoms with Gasteiger partial charge in [0.05, 0.1) is 48.3 Å². The van der Waals surface area contributed by atoms with Crippen molar-refractivity contribution in [3.63, 3.8) is 0 Å². The second-order valence-electron chi connectivity index (χ2n) is 7.79. The summed E-state index contributed by atoms with van der Waals surface area (Å²) in [5.74, 6) is 2.39. The molecule has 0 saturated carbocycles. The summed E-state index contributed by atoms with van der Waals surface area (Å²) in [6.07, 6.45) is 6.61. The van der Waals surface area contributed by atoms with Crippen LogP contribution in [0.1, 0.15) is 21.5 Å². The number of aromatic hydroxyl groups is 1. The van der Waals surface area contributed by atoms with Crippen molar-refractivity contribution in [1.29, 1.82) is 0 Å². The molecule has 0 saturated heterocycles. The van der Waals surface area contributed by atoms with Crippen LogP contribution in [-0.4, -0.2) is 53.5 Å². The van der Waals surface area contributed by atoms with E-state index in [2.05, 4.69) is 5.32 Å². The van der Waals surface area contributed by atoms with E-state index in [4.69, 9.17) is 28.4 Å². The molecule has 3 aromatic carbocycles. The van der Waals surface area contributed by atoms with Gasteiger partial charge in [0.25, 0.3) is 0 Å². The zero-order valence-corrected chi connectivity index (χ0v) is 22.2. The molecule has 0 amide bonds. The minimum absolute atomic E-state index is 0.117. The van der Waals surface area contributed by atoms with Crippen molar-refractivity contribution in [3.8, 4) is 40.2 Å². The van der Waals surface area contributed by atoms with Crippen molar-refractivity contribution in [2.75, 3.05) is 48.0 Å². The van der Waals surface area contributed by atoms with Gasteiger partial charge in [-0.3, -0.25) is 4.79 Å². The molecule has 0 aromatic heterocycles. The molecule has 2 N–H and O–H groups in total. The van der Waals surface area contributed by atoms with Crippen LogP contribution in [0, 0.1) is 0 Å². The maximum atomic E-state index is 12.7. The van der Waals surface area contributed by atoms with Crippen LogP contribution in [0.25, 0.3) is 12.2 Å². The minimum Gasteiger partial charge on any atom is -0.504 e. The zero-order valence-electron chi connectivity index (χ0n) is 22.2. The second kappa shape index (κ2) is 13.0. The Bertz CT molecular complexity index is 1320. The quantitative estimate of drug-likeness (QED) is 0.184. The molecule has 0 fully saturated rings. The summed E-state index contributed by atoms with van der Waals surface area (Å²) in [6.45, 7) is 0. The van der Waals surface area contributed by atoms with Gasteiger partial charge in [-0.25, -0.2) is 0 Å². The first-order valence-electron chi connectivity index (χ1n) is 11.5. The highest BCUT2D eigenvalue weighted by molar-refractivity contribution is 6.05. The molecular formula is C29H31NO8. The number of ether oxygens (including phenoxy) is 6. The van der Waals surface area contributed by atoms with Crippen molar-refractivity contribution in [2.45, 2.75) is 0 Å². The fraction of sp³-hybridized carbons (Fsp3) is 0.207. The van der Waals surface area contributed by atoms with Gasteiger partial charge in [-0.1, -0.05) is 12.2 Å². The third-order valence-electron chi connectivity index (χ3n) is 5.65. The lowest BCUT2D eigenvalue weighted by molar-refractivity contribution is 0.104. The Kier molecular flexibility index (Phi) is 9.48. The van der Waals surface area contributed by atoms with E-state index in [1.165, 1.54) is 38.6 Å². The van der Waals surface area contributed by atoms with Crippen LogP contribution < -0.4 is 33.7 Å². The smallest absolute Gasteiger partial charge is 0.203 e. The van der Waals surface area contributed by atoms with E-state index in [1.807, 2.05) is 30.4 Å². The van der Waals surface area contributed by atoms with Crippen molar-refractivity contribution in [2.24, 2.45) is 0 Å². The lowest BCUT2D eigenvalue weighted by Gasteiger charge is -2.15. The lowest BCUT2D eigenvalue weighted by atomic mass is 10.1. The standard InChI is InChI=1S/C29H31NO8/c1-33-23-11-10-20(17-22(23)32)21(31)13-14-30-27-19(9-12-24(34-2)29(27)38-6)8-7-18-15-25(35-3)28(37-5)26(16-18)36-4/h7-17,30,32H,1-6H3/b8-7-,14-13-. The summed E-state index contributed by atoms with van der Waals surface area (Å²) in [5, 5.41) is 13.1. The molecule has 0 heterocycles. The molecule has 3 aromatic rings. The Hall–Kier alpha value is -4.79. The van der Waals surface area contributed by atoms with Crippen molar-refractivity contribution >= 4 is 23.6 Å². The number of hydrogen-bond acceptors (Lipinski definition) is 9. The van der Waals surface area contributed by atoms with Gasteiger partial charge in [-0.15, -0.1) is 0 Å². The Labute approximate surface area is 221 Å². The van der Waals surface area contributed by atoms with Crippen LogP contribution in [0.3, 0.4) is 0 Å². The number of anilines is 1. The summed E-state index contributed by atoms with van der Waals surface area (Å²) >= 11 is 0. The molecule has 9 heteroatoms. The molecule has 0 aliphatic rings. The summed E-state index contributed by atoms with van der Waals surface area (Å²) in [6, 6.07) is 11.7. The number of allylic oxidation sites excluding steroid dienone is 1. The average Bonchev–Trinajstić information content (AvgIpc) is 2.95. The van der Waals surface area contributed by atoms with Crippen LogP contribution in [0.5, 0.6) is 40.2 Å². The van der Waals surface area contributed by atoms with Crippen LogP contribution in [-0.2, 0) is 0 Å². The Morgan fingerprint density at radius 3 is 1.87 bits per heavy atom. The van der Waals surface area contributed by atoms with Crippen LogP contribution in [0.2, 0.25) is 0 Å². The van der Waals surface area contributed by atoms with Gasteiger partial charge in [-0.2, -0.15) is 0 Å². The first-order valence-corrected chi connectivity index (χ1v) is 11.5. The van der Waals surface area contributed by atoms with Gasteiger partial charge in [0, 0.05) is 23.4 Å². The van der Waals surface area contributed by atoms with Crippen molar-refractivity contribution < 1.29 is 38.3 Å². The van der Waals surface area contributed by atoms with Crippen LogP contribution in [0.4, 0.5) is 5.69 Å². The molecule has 0 unspecified atom stereocenters. The Morgan fingerprint density at radius 1 is 0.711 bits per heavy atom. The number of phenolic OH excluding ortho intramolecular Hbond substituents is 1.